The average Bonchev–Trinajstić information content (AvgIpc) is 2.51. The number of anilines is 2. The molecule has 0 bridgehead atoms. The van der Waals surface area contributed by atoms with Crippen molar-refractivity contribution in [3.63, 3.8) is 0 Å². The molecule has 1 unspecified atom stereocenters. The number of benzene rings is 1. The largest absolute Gasteiger partial charge is 0.397 e. The Morgan fingerprint density at radius 2 is 2.29 bits per heavy atom. The summed E-state index contributed by atoms with van der Waals surface area (Å²) in [5, 5.41) is 0. The van der Waals surface area contributed by atoms with E-state index in [2.05, 4.69) is 46.5 Å². The summed E-state index contributed by atoms with van der Waals surface area (Å²) in [6.07, 6.45) is 1.28. The van der Waals surface area contributed by atoms with Gasteiger partial charge in [0.05, 0.1) is 11.4 Å². The maximum absolute atomic E-state index is 6.00. The van der Waals surface area contributed by atoms with Crippen LogP contribution in [0.1, 0.15) is 13.3 Å². The molecule has 76 valence electrons. The summed E-state index contributed by atoms with van der Waals surface area (Å²) in [7, 11) is 0. The molecule has 2 N–H and O–H groups in total. The molecule has 1 aliphatic heterocycles. The second-order valence-electron chi connectivity index (χ2n) is 4.04. The molecular formula is C11H15IN2. The Bertz CT molecular complexity index is 338. The van der Waals surface area contributed by atoms with Gasteiger partial charge in [0.1, 0.15) is 0 Å². The molecule has 0 aliphatic carbocycles. The van der Waals surface area contributed by atoms with Crippen molar-refractivity contribution in [2.24, 2.45) is 5.92 Å². The van der Waals surface area contributed by atoms with E-state index in [4.69, 9.17) is 5.73 Å². The zero-order chi connectivity index (χ0) is 10.1. The van der Waals surface area contributed by atoms with Crippen LogP contribution in [0.15, 0.2) is 18.2 Å². The average molecular weight is 302 g/mol. The van der Waals surface area contributed by atoms with E-state index in [9.17, 15) is 0 Å². The van der Waals surface area contributed by atoms with Crippen LogP contribution < -0.4 is 10.6 Å². The SMILES string of the molecule is CC1CCN(c2ccc(I)cc2N)C1. The molecule has 1 saturated heterocycles. The topological polar surface area (TPSA) is 29.3 Å². The summed E-state index contributed by atoms with van der Waals surface area (Å²) >= 11 is 2.29. The van der Waals surface area contributed by atoms with Gasteiger partial charge in [0, 0.05) is 16.7 Å². The molecule has 0 saturated carbocycles. The van der Waals surface area contributed by atoms with Gasteiger partial charge < -0.3 is 10.6 Å². The number of nitrogens with two attached hydrogens (primary N) is 1. The smallest absolute Gasteiger partial charge is 0.0600 e. The molecule has 2 nitrogen and oxygen atoms in total. The van der Waals surface area contributed by atoms with Crippen molar-refractivity contribution in [2.45, 2.75) is 13.3 Å². The molecular weight excluding hydrogens is 287 g/mol. The lowest BCUT2D eigenvalue weighted by Gasteiger charge is -2.20. The van der Waals surface area contributed by atoms with Crippen molar-refractivity contribution in [3.8, 4) is 0 Å². The van der Waals surface area contributed by atoms with Gasteiger partial charge in [-0.3, -0.25) is 0 Å². The second kappa shape index (κ2) is 3.96. The van der Waals surface area contributed by atoms with Crippen LogP contribution in [0.4, 0.5) is 11.4 Å². The first-order chi connectivity index (χ1) is 6.66. The fourth-order valence-corrected chi connectivity index (χ4v) is 2.48. The summed E-state index contributed by atoms with van der Waals surface area (Å²) in [5.41, 5.74) is 8.11. The lowest BCUT2D eigenvalue weighted by Crippen LogP contribution is -2.20. The first kappa shape index (κ1) is 10.1. The first-order valence-electron chi connectivity index (χ1n) is 4.97. The quantitative estimate of drug-likeness (QED) is 0.638. The van der Waals surface area contributed by atoms with Crippen LogP contribution in [0, 0.1) is 9.49 Å². The maximum atomic E-state index is 6.00. The minimum absolute atomic E-state index is 0.800. The molecule has 1 aromatic carbocycles. The molecule has 1 aliphatic rings. The van der Waals surface area contributed by atoms with E-state index in [-0.39, 0.29) is 0 Å². The molecule has 0 spiro atoms. The Labute approximate surface area is 98.6 Å². The molecule has 0 radical (unpaired) electrons. The fourth-order valence-electron chi connectivity index (χ4n) is 1.97. The fraction of sp³-hybridized carbons (Fsp3) is 0.455. The van der Waals surface area contributed by atoms with Crippen molar-refractivity contribution in [1.29, 1.82) is 0 Å². The second-order valence-corrected chi connectivity index (χ2v) is 5.29. The lowest BCUT2D eigenvalue weighted by atomic mass is 10.2. The summed E-state index contributed by atoms with van der Waals surface area (Å²) in [5.74, 6) is 0.800. The van der Waals surface area contributed by atoms with Crippen LogP contribution in [0.5, 0.6) is 0 Å². The summed E-state index contributed by atoms with van der Waals surface area (Å²) < 4.78 is 1.20. The molecule has 14 heavy (non-hydrogen) atoms. The maximum Gasteiger partial charge on any atom is 0.0600 e. The van der Waals surface area contributed by atoms with Crippen LogP contribution in [0.3, 0.4) is 0 Å². The Kier molecular flexibility index (Phi) is 2.85. The van der Waals surface area contributed by atoms with Crippen LogP contribution in [-0.2, 0) is 0 Å². The Hall–Kier alpha value is -0.450. The predicted octanol–water partition coefficient (Wildman–Crippen LogP) is 2.72. The van der Waals surface area contributed by atoms with E-state index in [1.54, 1.807) is 0 Å². The minimum atomic E-state index is 0.800. The van der Waals surface area contributed by atoms with Crippen LogP contribution in [0.25, 0.3) is 0 Å². The van der Waals surface area contributed by atoms with Gasteiger partial charge in [-0.25, -0.2) is 0 Å². The predicted molar refractivity (Wildman–Crippen MR) is 69.6 cm³/mol. The third-order valence-electron chi connectivity index (χ3n) is 2.75. The zero-order valence-electron chi connectivity index (χ0n) is 8.33. The van der Waals surface area contributed by atoms with E-state index in [1.807, 2.05) is 6.07 Å². The van der Waals surface area contributed by atoms with Crippen LogP contribution in [0.2, 0.25) is 0 Å². The molecule has 1 fully saturated rings. The zero-order valence-corrected chi connectivity index (χ0v) is 10.5. The molecule has 3 heteroatoms. The molecule has 1 atom stereocenters. The molecule has 1 aromatic rings. The normalized spacial score (nSPS) is 21.6. The number of nitrogens with zero attached hydrogens (tertiary/aromatic N) is 1. The van der Waals surface area contributed by atoms with Gasteiger partial charge in [-0.05, 0) is 53.1 Å². The highest BCUT2D eigenvalue weighted by Gasteiger charge is 2.20. The third kappa shape index (κ3) is 1.97. The van der Waals surface area contributed by atoms with Gasteiger partial charge in [-0.2, -0.15) is 0 Å². The van der Waals surface area contributed by atoms with E-state index < -0.39 is 0 Å². The van der Waals surface area contributed by atoms with E-state index in [1.165, 1.54) is 15.7 Å². The van der Waals surface area contributed by atoms with E-state index in [0.717, 1.165) is 24.7 Å². The van der Waals surface area contributed by atoms with Crippen molar-refractivity contribution < 1.29 is 0 Å². The lowest BCUT2D eigenvalue weighted by molar-refractivity contribution is 0.659. The highest BCUT2D eigenvalue weighted by atomic mass is 127. The number of rotatable bonds is 1. The highest BCUT2D eigenvalue weighted by Crippen LogP contribution is 2.29. The minimum Gasteiger partial charge on any atom is -0.397 e. The molecule has 0 amide bonds. The molecule has 1 heterocycles. The van der Waals surface area contributed by atoms with Crippen LogP contribution in [-0.4, -0.2) is 13.1 Å². The van der Waals surface area contributed by atoms with Crippen molar-refractivity contribution >= 4 is 34.0 Å². The van der Waals surface area contributed by atoms with Crippen molar-refractivity contribution in [1.82, 2.24) is 0 Å². The van der Waals surface area contributed by atoms with Crippen molar-refractivity contribution in [3.05, 3.63) is 21.8 Å². The number of hydrogen-bond donors (Lipinski definition) is 1. The van der Waals surface area contributed by atoms with Gasteiger partial charge in [-0.1, -0.05) is 6.92 Å². The third-order valence-corrected chi connectivity index (χ3v) is 3.43. The Morgan fingerprint density at radius 3 is 2.86 bits per heavy atom. The standard InChI is InChI=1S/C11H15IN2/c1-8-4-5-14(7-8)11-3-2-9(12)6-10(11)13/h2-3,6,8H,4-5,7,13H2,1H3. The monoisotopic (exact) mass is 302 g/mol. The summed E-state index contributed by atoms with van der Waals surface area (Å²) in [6, 6.07) is 6.29. The van der Waals surface area contributed by atoms with E-state index in [0.29, 0.717) is 0 Å². The van der Waals surface area contributed by atoms with Gasteiger partial charge in [0.25, 0.3) is 0 Å². The molecule has 2 rings (SSSR count). The number of halogens is 1. The van der Waals surface area contributed by atoms with E-state index >= 15 is 0 Å². The van der Waals surface area contributed by atoms with Gasteiger partial charge in [0.15, 0.2) is 0 Å². The number of nitrogen functional groups attached to an aromatic ring is 1. The van der Waals surface area contributed by atoms with Gasteiger partial charge >= 0.3 is 0 Å². The first-order valence-corrected chi connectivity index (χ1v) is 6.04. The summed E-state index contributed by atoms with van der Waals surface area (Å²) in [4.78, 5) is 2.38. The highest BCUT2D eigenvalue weighted by molar-refractivity contribution is 14.1. The van der Waals surface area contributed by atoms with Crippen LogP contribution >= 0.6 is 22.6 Å². The van der Waals surface area contributed by atoms with Gasteiger partial charge in [0.2, 0.25) is 0 Å². The Morgan fingerprint density at radius 1 is 1.50 bits per heavy atom. The van der Waals surface area contributed by atoms with Gasteiger partial charge in [-0.15, -0.1) is 0 Å². The van der Waals surface area contributed by atoms with Crippen molar-refractivity contribution in [2.75, 3.05) is 23.7 Å². The Balaban J connectivity index is 2.24. The summed E-state index contributed by atoms with van der Waals surface area (Å²) in [6.45, 7) is 4.58. The number of hydrogen-bond acceptors (Lipinski definition) is 2. The molecule has 0 aromatic heterocycles.